The van der Waals surface area contributed by atoms with Gasteiger partial charge in [0, 0.05) is 27.2 Å². The summed E-state index contributed by atoms with van der Waals surface area (Å²) in [5.74, 6) is 0.709. The van der Waals surface area contributed by atoms with Crippen molar-refractivity contribution in [3.05, 3.63) is 96.8 Å². The molecule has 0 bridgehead atoms. The number of aliphatic imine (C=N–C) groups is 1. The van der Waals surface area contributed by atoms with Gasteiger partial charge in [-0.3, -0.25) is 9.69 Å². The number of rotatable bonds is 7. The Morgan fingerprint density at radius 1 is 0.944 bits per heavy atom. The lowest BCUT2D eigenvalue weighted by Crippen LogP contribution is -2.32. The van der Waals surface area contributed by atoms with Gasteiger partial charge in [-0.05, 0) is 77.9 Å². The largest absolute Gasteiger partial charge is 0.487 e. The number of amides is 1. The van der Waals surface area contributed by atoms with Crippen LogP contribution in [0, 0.1) is 5.92 Å². The van der Waals surface area contributed by atoms with Crippen LogP contribution in [0.3, 0.4) is 0 Å². The van der Waals surface area contributed by atoms with Crippen LogP contribution in [-0.2, 0) is 11.4 Å². The van der Waals surface area contributed by atoms with Crippen LogP contribution in [0.15, 0.2) is 70.6 Å². The Morgan fingerprint density at radius 3 is 2.33 bits per heavy atom. The van der Waals surface area contributed by atoms with E-state index in [1.165, 1.54) is 11.8 Å². The van der Waals surface area contributed by atoms with Gasteiger partial charge in [0.15, 0.2) is 5.17 Å². The average molecular weight is 580 g/mol. The molecular weight excluding hydrogens is 558 g/mol. The smallest absolute Gasteiger partial charge is 0.266 e. The Hall–Kier alpha value is -2.15. The predicted octanol–water partition coefficient (Wildman–Crippen LogP) is 9.14. The topological polar surface area (TPSA) is 41.9 Å². The summed E-state index contributed by atoms with van der Waals surface area (Å²) < 4.78 is 5.85. The van der Waals surface area contributed by atoms with Crippen LogP contribution in [0.25, 0.3) is 6.08 Å². The molecule has 4 nitrogen and oxygen atoms in total. The van der Waals surface area contributed by atoms with Crippen molar-refractivity contribution in [1.29, 1.82) is 0 Å². The molecule has 186 valence electrons. The minimum atomic E-state index is -0.0877. The van der Waals surface area contributed by atoms with Crippen molar-refractivity contribution in [2.45, 2.75) is 20.5 Å². The number of nitrogens with zero attached hydrogens (tertiary/aromatic N) is 2. The van der Waals surface area contributed by atoms with Gasteiger partial charge in [-0.15, -0.1) is 0 Å². The zero-order chi connectivity index (χ0) is 25.8. The second-order valence-corrected chi connectivity index (χ2v) is 11.2. The molecule has 1 saturated heterocycles. The van der Waals surface area contributed by atoms with Crippen LogP contribution in [0.1, 0.15) is 25.0 Å². The van der Waals surface area contributed by atoms with E-state index in [-0.39, 0.29) is 18.4 Å². The van der Waals surface area contributed by atoms with Gasteiger partial charge in [-0.1, -0.05) is 72.4 Å². The molecule has 0 aliphatic carbocycles. The third-order valence-corrected chi connectivity index (χ3v) is 7.28. The van der Waals surface area contributed by atoms with Crippen molar-refractivity contribution in [3.8, 4) is 5.75 Å². The molecule has 9 heteroatoms. The molecule has 0 atom stereocenters. The predicted molar refractivity (Wildman–Crippen MR) is 153 cm³/mol. The van der Waals surface area contributed by atoms with E-state index >= 15 is 0 Å². The van der Waals surface area contributed by atoms with E-state index in [9.17, 15) is 4.79 Å². The number of amidine groups is 1. The third kappa shape index (κ3) is 6.78. The van der Waals surface area contributed by atoms with Gasteiger partial charge in [-0.2, -0.15) is 0 Å². The van der Waals surface area contributed by atoms with Crippen LogP contribution in [-0.4, -0.2) is 22.5 Å². The number of thioether (sulfide) groups is 1. The Kier molecular flexibility index (Phi) is 8.91. The van der Waals surface area contributed by atoms with E-state index in [4.69, 9.17) is 56.1 Å². The van der Waals surface area contributed by atoms with Gasteiger partial charge in [0.2, 0.25) is 0 Å². The van der Waals surface area contributed by atoms with Crippen LogP contribution >= 0.6 is 58.2 Å². The number of hydrogen-bond acceptors (Lipinski definition) is 4. The second-order valence-electron chi connectivity index (χ2n) is 8.51. The number of ether oxygens (including phenoxy) is 1. The Morgan fingerprint density at radius 2 is 1.67 bits per heavy atom. The van der Waals surface area contributed by atoms with E-state index in [0.29, 0.717) is 42.5 Å². The first-order valence-electron chi connectivity index (χ1n) is 11.1. The Balaban J connectivity index is 1.54. The fourth-order valence-electron chi connectivity index (χ4n) is 3.41. The molecule has 0 aromatic heterocycles. The fraction of sp³-hybridized carbons (Fsp3) is 0.185. The highest BCUT2D eigenvalue weighted by Crippen LogP contribution is 2.36. The maximum absolute atomic E-state index is 13.2. The normalized spacial score (nSPS) is 16.0. The van der Waals surface area contributed by atoms with Crippen molar-refractivity contribution in [3.63, 3.8) is 0 Å². The maximum atomic E-state index is 13.2. The van der Waals surface area contributed by atoms with Crippen LogP contribution < -0.4 is 4.74 Å². The van der Waals surface area contributed by atoms with Gasteiger partial charge in [0.25, 0.3) is 5.91 Å². The molecule has 1 aliphatic heterocycles. The summed E-state index contributed by atoms with van der Waals surface area (Å²) in [6.07, 6.45) is 1.82. The highest BCUT2D eigenvalue weighted by atomic mass is 35.5. The first-order chi connectivity index (χ1) is 17.2. The molecule has 1 aliphatic rings. The first-order valence-corrected chi connectivity index (χ1v) is 13.4. The van der Waals surface area contributed by atoms with Crippen molar-refractivity contribution >= 4 is 81.0 Å². The molecule has 36 heavy (non-hydrogen) atoms. The molecular formula is C27H22Cl4N2O2S. The number of carbonyl (C=O) groups excluding carboxylic acids is 1. The standard InChI is InChI=1S/C27H22Cl4N2O2S/c1-16(2)14-33-26(34)25(36-27(33)32-21-8-6-19(28)7-9-21)12-17-3-10-24(23(31)11-17)35-15-18-4-5-20(29)13-22(18)30/h3-13,16H,14-15H2,1-2H3/b25-12-,32-27?. The molecule has 3 aromatic rings. The summed E-state index contributed by atoms with van der Waals surface area (Å²) in [6.45, 7) is 4.94. The van der Waals surface area contributed by atoms with Crippen molar-refractivity contribution in [2.75, 3.05) is 6.54 Å². The van der Waals surface area contributed by atoms with Gasteiger partial charge >= 0.3 is 0 Å². The number of carbonyl (C=O) groups is 1. The summed E-state index contributed by atoms with van der Waals surface area (Å²) in [7, 11) is 0. The van der Waals surface area contributed by atoms with Crippen molar-refractivity contribution in [1.82, 2.24) is 4.90 Å². The SMILES string of the molecule is CC(C)CN1C(=O)/C(=C/c2ccc(OCc3ccc(Cl)cc3Cl)c(Cl)c2)SC1=Nc1ccc(Cl)cc1. The van der Waals surface area contributed by atoms with E-state index in [2.05, 4.69) is 13.8 Å². The maximum Gasteiger partial charge on any atom is 0.266 e. The fourth-order valence-corrected chi connectivity index (χ4v) is 5.25. The lowest BCUT2D eigenvalue weighted by atomic mass is 10.2. The zero-order valence-corrected chi connectivity index (χ0v) is 23.3. The van der Waals surface area contributed by atoms with Crippen molar-refractivity contribution in [2.24, 2.45) is 10.9 Å². The van der Waals surface area contributed by atoms with E-state index in [0.717, 1.165) is 16.8 Å². The minimum Gasteiger partial charge on any atom is -0.487 e. The van der Waals surface area contributed by atoms with E-state index < -0.39 is 0 Å². The molecule has 1 amide bonds. The number of benzene rings is 3. The Bertz CT molecular complexity index is 1340. The zero-order valence-electron chi connectivity index (χ0n) is 19.5. The quantitative estimate of drug-likeness (QED) is 0.262. The summed E-state index contributed by atoms with van der Waals surface area (Å²) >= 11 is 26.0. The molecule has 4 rings (SSSR count). The summed E-state index contributed by atoms with van der Waals surface area (Å²) in [4.78, 5) is 20.2. The first kappa shape index (κ1) is 26.9. The van der Waals surface area contributed by atoms with Gasteiger partial charge < -0.3 is 4.74 Å². The Labute approximate surface area is 234 Å². The molecule has 3 aromatic carbocycles. The van der Waals surface area contributed by atoms with Crippen molar-refractivity contribution < 1.29 is 9.53 Å². The highest BCUT2D eigenvalue weighted by molar-refractivity contribution is 8.18. The molecule has 1 heterocycles. The lowest BCUT2D eigenvalue weighted by Gasteiger charge is -2.17. The minimum absolute atomic E-state index is 0.0877. The van der Waals surface area contributed by atoms with Gasteiger partial charge in [0.1, 0.15) is 12.4 Å². The number of halogens is 4. The molecule has 0 radical (unpaired) electrons. The van der Waals surface area contributed by atoms with Crippen LogP contribution in [0.2, 0.25) is 20.1 Å². The highest BCUT2D eigenvalue weighted by Gasteiger charge is 2.33. The van der Waals surface area contributed by atoms with Gasteiger partial charge in [-0.25, -0.2) is 4.99 Å². The molecule has 0 unspecified atom stereocenters. The summed E-state index contributed by atoms with van der Waals surface area (Å²) in [6, 6.07) is 17.8. The summed E-state index contributed by atoms with van der Waals surface area (Å²) in [5, 5.41) is 2.78. The summed E-state index contributed by atoms with van der Waals surface area (Å²) in [5.41, 5.74) is 2.31. The lowest BCUT2D eigenvalue weighted by molar-refractivity contribution is -0.122. The van der Waals surface area contributed by atoms with E-state index in [1.807, 2.05) is 30.3 Å². The molecule has 0 N–H and O–H groups in total. The van der Waals surface area contributed by atoms with Gasteiger partial charge in [0.05, 0.1) is 15.6 Å². The third-order valence-electron chi connectivity index (χ3n) is 5.14. The van der Waals surface area contributed by atoms with E-state index in [1.54, 1.807) is 41.3 Å². The van der Waals surface area contributed by atoms with Crippen LogP contribution in [0.5, 0.6) is 5.75 Å². The number of hydrogen-bond donors (Lipinski definition) is 0. The van der Waals surface area contributed by atoms with Crippen LogP contribution in [0.4, 0.5) is 5.69 Å². The monoisotopic (exact) mass is 578 g/mol. The second kappa shape index (κ2) is 11.9. The molecule has 1 fully saturated rings. The molecule has 0 saturated carbocycles. The average Bonchev–Trinajstić information content (AvgIpc) is 3.09. The molecule has 0 spiro atoms.